The Bertz CT molecular complexity index is 761. The number of rotatable bonds is 5. The predicted molar refractivity (Wildman–Crippen MR) is 85.3 cm³/mol. The number of hydrogen-bond donors (Lipinski definition) is 1. The van der Waals surface area contributed by atoms with Gasteiger partial charge >= 0.3 is 12.1 Å². The molecule has 2 aliphatic heterocycles. The molecule has 2 atom stereocenters. The first-order chi connectivity index (χ1) is 12.3. The van der Waals surface area contributed by atoms with E-state index in [1.54, 1.807) is 6.92 Å². The Balaban J connectivity index is 1.78. The number of aliphatic hydroxyl groups excluding tert-OH is 1. The molecular weight excluding hydrogens is 353 g/mol. The number of nitrogens with zero attached hydrogens (tertiary/aromatic N) is 2. The predicted octanol–water partition coefficient (Wildman–Crippen LogP) is 2.65. The Morgan fingerprint density at radius 3 is 2.77 bits per heavy atom. The number of alkyl halides is 3. The molecule has 1 fully saturated rings. The Morgan fingerprint density at radius 1 is 1.35 bits per heavy atom. The largest absolute Gasteiger partial charge is 0.508 e. The van der Waals surface area contributed by atoms with Crippen molar-refractivity contribution in [2.24, 2.45) is 5.10 Å². The maximum absolute atomic E-state index is 13.1. The third-order valence-corrected chi connectivity index (χ3v) is 3.99. The van der Waals surface area contributed by atoms with Crippen LogP contribution in [0, 0.1) is 0 Å². The molecule has 0 bridgehead atoms. The summed E-state index contributed by atoms with van der Waals surface area (Å²) < 4.78 is 49.4. The van der Waals surface area contributed by atoms with Gasteiger partial charge in [0, 0.05) is 6.54 Å². The first-order valence-corrected chi connectivity index (χ1v) is 8.04. The summed E-state index contributed by atoms with van der Waals surface area (Å²) in [6.45, 7) is 1.83. The second-order valence-electron chi connectivity index (χ2n) is 5.80. The lowest BCUT2D eigenvalue weighted by molar-refractivity contribution is -0.138. The molecule has 0 aliphatic carbocycles. The number of aliphatic hydroxyl groups is 1. The fourth-order valence-electron chi connectivity index (χ4n) is 2.72. The molecule has 0 amide bonds. The smallest absolute Gasteiger partial charge is 0.416 e. The molecule has 3 rings (SSSR count). The van der Waals surface area contributed by atoms with E-state index in [0.717, 1.165) is 6.07 Å². The summed E-state index contributed by atoms with van der Waals surface area (Å²) in [7, 11) is 0. The average Bonchev–Trinajstić information content (AvgIpc) is 3.37. The van der Waals surface area contributed by atoms with Gasteiger partial charge in [-0.15, -0.1) is 0 Å². The van der Waals surface area contributed by atoms with Gasteiger partial charge in [0.2, 0.25) is 0 Å². The van der Waals surface area contributed by atoms with Crippen molar-refractivity contribution in [1.29, 1.82) is 0 Å². The monoisotopic (exact) mass is 370 g/mol. The lowest BCUT2D eigenvalue weighted by atomic mass is 10.0. The van der Waals surface area contributed by atoms with Gasteiger partial charge in [-0.05, 0) is 25.0 Å². The van der Waals surface area contributed by atoms with Crippen LogP contribution < -0.4 is 0 Å². The molecule has 1 N–H and O–H groups in total. The van der Waals surface area contributed by atoms with Crippen LogP contribution in [0.25, 0.3) is 0 Å². The summed E-state index contributed by atoms with van der Waals surface area (Å²) in [6, 6.07) is 5.25. The van der Waals surface area contributed by atoms with Gasteiger partial charge in [0.25, 0.3) is 0 Å². The van der Waals surface area contributed by atoms with Gasteiger partial charge in [0.15, 0.2) is 5.71 Å². The lowest BCUT2D eigenvalue weighted by Gasteiger charge is -2.17. The van der Waals surface area contributed by atoms with Crippen molar-refractivity contribution in [1.82, 2.24) is 5.01 Å². The van der Waals surface area contributed by atoms with E-state index in [4.69, 9.17) is 9.47 Å². The van der Waals surface area contributed by atoms with Crippen molar-refractivity contribution in [3.05, 3.63) is 47.4 Å². The third-order valence-electron chi connectivity index (χ3n) is 3.99. The van der Waals surface area contributed by atoms with Crippen LogP contribution in [-0.2, 0) is 26.9 Å². The van der Waals surface area contributed by atoms with Crippen LogP contribution in [0.4, 0.5) is 13.2 Å². The van der Waals surface area contributed by atoms with Crippen molar-refractivity contribution >= 4 is 11.7 Å². The summed E-state index contributed by atoms with van der Waals surface area (Å²) in [4.78, 5) is 12.0. The van der Waals surface area contributed by atoms with E-state index in [9.17, 15) is 23.1 Å². The van der Waals surface area contributed by atoms with Gasteiger partial charge in [-0.1, -0.05) is 18.2 Å². The van der Waals surface area contributed by atoms with Crippen LogP contribution >= 0.6 is 0 Å². The highest BCUT2D eigenvalue weighted by atomic mass is 19.4. The molecule has 1 aromatic carbocycles. The molecular formula is C17H17F3N2O4. The number of fused-ring (bicyclic) bond motifs is 1. The third kappa shape index (κ3) is 3.82. The van der Waals surface area contributed by atoms with Crippen molar-refractivity contribution in [3.8, 4) is 0 Å². The zero-order valence-corrected chi connectivity index (χ0v) is 13.9. The number of hydrazone groups is 1. The zero-order chi connectivity index (χ0) is 18.9. The van der Waals surface area contributed by atoms with E-state index < -0.39 is 29.9 Å². The number of ether oxygens (including phenoxy) is 2. The molecule has 2 unspecified atom stereocenters. The van der Waals surface area contributed by atoms with Gasteiger partial charge in [-0.25, -0.2) is 4.79 Å². The second-order valence-corrected chi connectivity index (χ2v) is 5.80. The number of carbonyl (C=O) groups is 1. The minimum Gasteiger partial charge on any atom is -0.508 e. The molecule has 9 heteroatoms. The molecule has 2 aliphatic rings. The normalized spacial score (nSPS) is 22.1. The summed E-state index contributed by atoms with van der Waals surface area (Å²) in [5.74, 6) is -0.814. The van der Waals surface area contributed by atoms with Gasteiger partial charge in [0.1, 0.15) is 18.0 Å². The molecule has 140 valence electrons. The maximum Gasteiger partial charge on any atom is 0.416 e. The van der Waals surface area contributed by atoms with Crippen molar-refractivity contribution < 1.29 is 32.5 Å². The Hall–Kier alpha value is -2.55. The standard InChI is InChI=1S/C17H17F3N2O4/c1-2-25-16(24)13-15-14(26-15)12(23)9-22(21-13)8-7-10-5-3-4-6-11(10)17(18,19)20/h3-6,9,14-15,23H,2,7-8H2,1H3. The molecule has 6 nitrogen and oxygen atoms in total. The van der Waals surface area contributed by atoms with E-state index in [1.165, 1.54) is 29.4 Å². The number of carbonyl (C=O) groups excluding carboxylic acids is 1. The SMILES string of the molecule is CCOC(=O)C1=NN(CCc2ccccc2C(F)(F)F)C=C(O)C2OC12. The van der Waals surface area contributed by atoms with Gasteiger partial charge in [-0.3, -0.25) is 5.01 Å². The lowest BCUT2D eigenvalue weighted by Crippen LogP contribution is -2.27. The van der Waals surface area contributed by atoms with Crippen molar-refractivity contribution in [3.63, 3.8) is 0 Å². The maximum atomic E-state index is 13.1. The van der Waals surface area contributed by atoms with Crippen LogP contribution in [0.5, 0.6) is 0 Å². The quantitative estimate of drug-likeness (QED) is 0.637. The van der Waals surface area contributed by atoms with E-state index in [0.29, 0.717) is 0 Å². The number of halogens is 3. The summed E-state index contributed by atoms with van der Waals surface area (Å²) in [5, 5.41) is 15.3. The molecule has 1 aromatic rings. The molecule has 1 saturated heterocycles. The number of benzene rings is 1. The Labute approximate surface area is 147 Å². The Morgan fingerprint density at radius 2 is 2.08 bits per heavy atom. The fourth-order valence-corrected chi connectivity index (χ4v) is 2.72. The fraction of sp³-hybridized carbons (Fsp3) is 0.412. The van der Waals surface area contributed by atoms with Gasteiger partial charge in [0.05, 0.1) is 18.4 Å². The minimum atomic E-state index is -4.46. The van der Waals surface area contributed by atoms with Crippen LogP contribution in [0.3, 0.4) is 0 Å². The van der Waals surface area contributed by atoms with Crippen LogP contribution in [0.1, 0.15) is 18.1 Å². The van der Waals surface area contributed by atoms with Crippen LogP contribution in [0.2, 0.25) is 0 Å². The first kappa shape index (κ1) is 18.2. The topological polar surface area (TPSA) is 74.7 Å². The second kappa shape index (κ2) is 6.99. The van der Waals surface area contributed by atoms with Crippen LogP contribution in [0.15, 0.2) is 41.3 Å². The molecule has 0 radical (unpaired) electrons. The Kier molecular flexibility index (Phi) is 4.90. The highest BCUT2D eigenvalue weighted by Gasteiger charge is 2.51. The summed E-state index contributed by atoms with van der Waals surface area (Å²) in [6.07, 6.45) is -4.55. The molecule has 0 saturated carbocycles. The minimum absolute atomic E-state index is 0.0127. The molecule has 0 spiro atoms. The van der Waals surface area contributed by atoms with E-state index in [-0.39, 0.29) is 36.6 Å². The summed E-state index contributed by atoms with van der Waals surface area (Å²) in [5.41, 5.74) is -0.628. The highest BCUT2D eigenvalue weighted by Crippen LogP contribution is 2.34. The molecule has 0 aromatic heterocycles. The summed E-state index contributed by atoms with van der Waals surface area (Å²) >= 11 is 0. The van der Waals surface area contributed by atoms with Crippen LogP contribution in [-0.4, -0.2) is 47.2 Å². The van der Waals surface area contributed by atoms with E-state index in [2.05, 4.69) is 5.10 Å². The highest BCUT2D eigenvalue weighted by molar-refractivity contribution is 6.39. The van der Waals surface area contributed by atoms with E-state index >= 15 is 0 Å². The molecule has 2 heterocycles. The van der Waals surface area contributed by atoms with E-state index in [1.807, 2.05) is 0 Å². The number of epoxide rings is 1. The average molecular weight is 370 g/mol. The number of hydrogen-bond acceptors (Lipinski definition) is 6. The number of esters is 1. The first-order valence-electron chi connectivity index (χ1n) is 8.04. The molecule has 26 heavy (non-hydrogen) atoms. The van der Waals surface area contributed by atoms with Gasteiger partial charge < -0.3 is 14.6 Å². The van der Waals surface area contributed by atoms with Crippen molar-refractivity contribution in [2.75, 3.05) is 13.2 Å². The van der Waals surface area contributed by atoms with Crippen molar-refractivity contribution in [2.45, 2.75) is 31.7 Å². The zero-order valence-electron chi connectivity index (χ0n) is 13.9. The van der Waals surface area contributed by atoms with Gasteiger partial charge in [-0.2, -0.15) is 18.3 Å².